The van der Waals surface area contributed by atoms with Crippen LogP contribution in [-0.4, -0.2) is 35.9 Å². The Kier molecular flexibility index (Phi) is 3.76. The molecule has 0 aromatic carbocycles. The number of Topliss-reactive ketones (excluding diaryl/α,β-unsaturated/α-hetero) is 1. The Bertz CT molecular complexity index is 222. The van der Waals surface area contributed by atoms with Crippen LogP contribution in [0.3, 0.4) is 0 Å². The second-order valence-electron chi connectivity index (χ2n) is 4.95. The molecule has 2 aliphatic rings. The Labute approximate surface area is 92.0 Å². The van der Waals surface area contributed by atoms with Crippen molar-refractivity contribution < 1.29 is 4.79 Å². The third-order valence-corrected chi connectivity index (χ3v) is 3.79. The van der Waals surface area contributed by atoms with Crippen molar-refractivity contribution in [3.05, 3.63) is 0 Å². The minimum Gasteiger partial charge on any atom is -0.328 e. The van der Waals surface area contributed by atoms with Crippen molar-refractivity contribution in [2.24, 2.45) is 5.73 Å². The smallest absolute Gasteiger partial charge is 0.149 e. The lowest BCUT2D eigenvalue weighted by molar-refractivity contribution is -0.124. The van der Waals surface area contributed by atoms with Gasteiger partial charge >= 0.3 is 0 Å². The monoisotopic (exact) mass is 210 g/mol. The molecule has 0 aromatic rings. The van der Waals surface area contributed by atoms with E-state index in [4.69, 9.17) is 5.73 Å². The molecule has 86 valence electrons. The van der Waals surface area contributed by atoms with Gasteiger partial charge in [-0.2, -0.15) is 0 Å². The highest BCUT2D eigenvalue weighted by atomic mass is 16.1. The molecule has 0 radical (unpaired) electrons. The van der Waals surface area contributed by atoms with Gasteiger partial charge in [0.2, 0.25) is 0 Å². The molecule has 0 bridgehead atoms. The molecule has 2 fully saturated rings. The lowest BCUT2D eigenvalue weighted by Crippen LogP contribution is -2.47. The SMILES string of the molecule is NC1CCN(C2CCCCCC2=O)CC1. The summed E-state index contributed by atoms with van der Waals surface area (Å²) in [7, 11) is 0. The van der Waals surface area contributed by atoms with Crippen LogP contribution >= 0.6 is 0 Å². The van der Waals surface area contributed by atoms with Crippen LogP contribution in [0.1, 0.15) is 44.9 Å². The third-order valence-electron chi connectivity index (χ3n) is 3.79. The van der Waals surface area contributed by atoms with Crippen molar-refractivity contribution in [3.63, 3.8) is 0 Å². The number of carbonyl (C=O) groups is 1. The second kappa shape index (κ2) is 5.08. The lowest BCUT2D eigenvalue weighted by Gasteiger charge is -2.35. The molecule has 2 N–H and O–H groups in total. The quantitative estimate of drug-likeness (QED) is 0.664. The first kappa shape index (κ1) is 11.1. The Morgan fingerprint density at radius 2 is 1.80 bits per heavy atom. The van der Waals surface area contributed by atoms with Gasteiger partial charge in [-0.25, -0.2) is 0 Å². The first-order chi connectivity index (χ1) is 7.27. The Hall–Kier alpha value is -0.410. The molecule has 15 heavy (non-hydrogen) atoms. The minimum absolute atomic E-state index is 0.222. The van der Waals surface area contributed by atoms with Crippen molar-refractivity contribution >= 4 is 5.78 Å². The van der Waals surface area contributed by atoms with E-state index in [1.165, 1.54) is 12.8 Å². The molecule has 1 heterocycles. The molecule has 1 aliphatic heterocycles. The van der Waals surface area contributed by atoms with Crippen molar-refractivity contribution in [2.45, 2.75) is 57.0 Å². The van der Waals surface area contributed by atoms with Crippen LogP contribution in [0.5, 0.6) is 0 Å². The van der Waals surface area contributed by atoms with Crippen molar-refractivity contribution in [1.29, 1.82) is 0 Å². The number of nitrogens with two attached hydrogens (primary N) is 1. The van der Waals surface area contributed by atoms with Crippen LogP contribution in [0, 0.1) is 0 Å². The summed E-state index contributed by atoms with van der Waals surface area (Å²) in [6.45, 7) is 2.05. The fourth-order valence-electron chi connectivity index (χ4n) is 2.76. The number of piperidine rings is 1. The zero-order valence-corrected chi connectivity index (χ0v) is 9.45. The van der Waals surface area contributed by atoms with Gasteiger partial charge < -0.3 is 5.73 Å². The number of hydrogen-bond acceptors (Lipinski definition) is 3. The largest absolute Gasteiger partial charge is 0.328 e. The average molecular weight is 210 g/mol. The molecule has 1 aliphatic carbocycles. The van der Waals surface area contributed by atoms with E-state index in [-0.39, 0.29) is 6.04 Å². The number of ketones is 1. The van der Waals surface area contributed by atoms with Gasteiger partial charge in [0.1, 0.15) is 5.78 Å². The van der Waals surface area contributed by atoms with E-state index < -0.39 is 0 Å². The average Bonchev–Trinajstić information content (AvgIpc) is 2.44. The highest BCUT2D eigenvalue weighted by molar-refractivity contribution is 5.84. The molecule has 3 heteroatoms. The van der Waals surface area contributed by atoms with Crippen LogP contribution in [0.2, 0.25) is 0 Å². The predicted octanol–water partition coefficient (Wildman–Crippen LogP) is 1.31. The molecular formula is C12H22N2O. The fraction of sp³-hybridized carbons (Fsp3) is 0.917. The maximum Gasteiger partial charge on any atom is 0.149 e. The Morgan fingerprint density at radius 3 is 2.53 bits per heavy atom. The molecule has 1 atom stereocenters. The molecule has 3 nitrogen and oxygen atoms in total. The first-order valence-electron chi connectivity index (χ1n) is 6.30. The molecule has 0 spiro atoms. The van der Waals surface area contributed by atoms with Gasteiger partial charge in [0.25, 0.3) is 0 Å². The van der Waals surface area contributed by atoms with Crippen LogP contribution < -0.4 is 5.73 Å². The molecule has 1 saturated heterocycles. The molecule has 0 amide bonds. The van der Waals surface area contributed by atoms with Crippen LogP contribution in [-0.2, 0) is 4.79 Å². The summed E-state index contributed by atoms with van der Waals surface area (Å²) in [6.07, 6.45) is 7.55. The predicted molar refractivity (Wildman–Crippen MR) is 60.7 cm³/mol. The zero-order chi connectivity index (χ0) is 10.7. The topological polar surface area (TPSA) is 46.3 Å². The van der Waals surface area contributed by atoms with Gasteiger partial charge in [0.05, 0.1) is 6.04 Å². The minimum atomic E-state index is 0.222. The highest BCUT2D eigenvalue weighted by Crippen LogP contribution is 2.22. The van der Waals surface area contributed by atoms with E-state index in [1.807, 2.05) is 0 Å². The number of likely N-dealkylation sites (tertiary alicyclic amines) is 1. The van der Waals surface area contributed by atoms with E-state index in [1.54, 1.807) is 0 Å². The summed E-state index contributed by atoms with van der Waals surface area (Å²) in [5.74, 6) is 0.475. The summed E-state index contributed by atoms with van der Waals surface area (Å²) >= 11 is 0. The third kappa shape index (κ3) is 2.79. The number of hydrogen-bond donors (Lipinski definition) is 1. The summed E-state index contributed by atoms with van der Waals surface area (Å²) in [5, 5.41) is 0. The van der Waals surface area contributed by atoms with Crippen molar-refractivity contribution in [2.75, 3.05) is 13.1 Å². The summed E-state index contributed by atoms with van der Waals surface area (Å²) < 4.78 is 0. The Morgan fingerprint density at radius 1 is 1.07 bits per heavy atom. The molecular weight excluding hydrogens is 188 g/mol. The maximum absolute atomic E-state index is 11.9. The van der Waals surface area contributed by atoms with Crippen molar-refractivity contribution in [1.82, 2.24) is 4.90 Å². The number of rotatable bonds is 1. The molecule has 1 saturated carbocycles. The summed E-state index contributed by atoms with van der Waals surface area (Å²) in [6, 6.07) is 0.585. The van der Waals surface area contributed by atoms with E-state index in [2.05, 4.69) is 4.90 Å². The zero-order valence-electron chi connectivity index (χ0n) is 9.45. The standard InChI is InChI=1S/C12H22N2O/c13-10-6-8-14(9-7-10)11-4-2-1-3-5-12(11)15/h10-11H,1-9,13H2. The van der Waals surface area contributed by atoms with Gasteiger partial charge in [-0.3, -0.25) is 9.69 Å². The lowest BCUT2D eigenvalue weighted by atomic mass is 10.00. The molecule has 0 aromatic heterocycles. The van der Waals surface area contributed by atoms with Gasteiger partial charge in [0, 0.05) is 25.6 Å². The number of nitrogens with zero attached hydrogens (tertiary/aromatic N) is 1. The van der Waals surface area contributed by atoms with Gasteiger partial charge in [0.15, 0.2) is 0 Å². The van der Waals surface area contributed by atoms with Crippen LogP contribution in [0.15, 0.2) is 0 Å². The Balaban J connectivity index is 1.92. The number of carbonyl (C=O) groups excluding carboxylic acids is 1. The second-order valence-corrected chi connectivity index (χ2v) is 4.95. The fourth-order valence-corrected chi connectivity index (χ4v) is 2.76. The molecule has 2 rings (SSSR count). The van der Waals surface area contributed by atoms with Crippen LogP contribution in [0.4, 0.5) is 0 Å². The summed E-state index contributed by atoms with van der Waals surface area (Å²) in [5.41, 5.74) is 5.88. The van der Waals surface area contributed by atoms with E-state index in [9.17, 15) is 4.79 Å². The maximum atomic E-state index is 11.9. The normalized spacial score (nSPS) is 31.5. The summed E-state index contributed by atoms with van der Waals surface area (Å²) in [4.78, 5) is 14.3. The first-order valence-corrected chi connectivity index (χ1v) is 6.30. The van der Waals surface area contributed by atoms with Gasteiger partial charge in [-0.1, -0.05) is 12.8 Å². The van der Waals surface area contributed by atoms with Crippen LogP contribution in [0.25, 0.3) is 0 Å². The van der Waals surface area contributed by atoms with E-state index >= 15 is 0 Å². The van der Waals surface area contributed by atoms with E-state index in [0.717, 1.165) is 45.2 Å². The van der Waals surface area contributed by atoms with E-state index in [0.29, 0.717) is 11.8 Å². The van der Waals surface area contributed by atoms with Crippen molar-refractivity contribution in [3.8, 4) is 0 Å². The van der Waals surface area contributed by atoms with Gasteiger partial charge in [-0.15, -0.1) is 0 Å². The van der Waals surface area contributed by atoms with Gasteiger partial charge in [-0.05, 0) is 25.7 Å². The highest BCUT2D eigenvalue weighted by Gasteiger charge is 2.29. The molecule has 1 unspecified atom stereocenters.